The van der Waals surface area contributed by atoms with Gasteiger partial charge in [0.25, 0.3) is 0 Å². The predicted molar refractivity (Wildman–Crippen MR) is 77.7 cm³/mol. The first-order valence-electron chi connectivity index (χ1n) is 6.18. The molecule has 0 unspecified atom stereocenters. The second-order valence-electron chi connectivity index (χ2n) is 4.37. The maximum absolute atomic E-state index is 14.0. The SMILES string of the molecule is CCN(C)CCNS(=O)(=O)c1cc(Cl)cc(CN)c1F. The fraction of sp³-hybridized carbons (Fsp3) is 0.500. The van der Waals surface area contributed by atoms with Gasteiger partial charge >= 0.3 is 0 Å². The van der Waals surface area contributed by atoms with Crippen LogP contribution in [0, 0.1) is 5.82 Å². The molecule has 20 heavy (non-hydrogen) atoms. The normalized spacial score (nSPS) is 12.1. The van der Waals surface area contributed by atoms with Crippen molar-refractivity contribution in [3.05, 3.63) is 28.5 Å². The monoisotopic (exact) mass is 323 g/mol. The quantitative estimate of drug-likeness (QED) is 0.790. The standard InChI is InChI=1S/C12H19ClFN3O2S/c1-3-17(2)5-4-16-20(18,19)11-7-10(13)6-9(8-15)12(11)14/h6-7,16H,3-5,8,15H2,1-2H3. The molecule has 0 saturated heterocycles. The topological polar surface area (TPSA) is 75.4 Å². The van der Waals surface area contributed by atoms with E-state index in [4.69, 9.17) is 17.3 Å². The van der Waals surface area contributed by atoms with Crippen molar-refractivity contribution in [3.8, 4) is 0 Å². The van der Waals surface area contributed by atoms with Gasteiger partial charge in [-0.05, 0) is 25.7 Å². The van der Waals surface area contributed by atoms with Crippen molar-refractivity contribution in [1.82, 2.24) is 9.62 Å². The zero-order chi connectivity index (χ0) is 15.3. The number of nitrogens with zero attached hydrogens (tertiary/aromatic N) is 1. The third-order valence-electron chi connectivity index (χ3n) is 2.91. The molecule has 0 spiro atoms. The maximum Gasteiger partial charge on any atom is 0.243 e. The van der Waals surface area contributed by atoms with Crippen molar-refractivity contribution >= 4 is 21.6 Å². The van der Waals surface area contributed by atoms with Crippen molar-refractivity contribution < 1.29 is 12.8 Å². The van der Waals surface area contributed by atoms with Crippen molar-refractivity contribution in [3.63, 3.8) is 0 Å². The van der Waals surface area contributed by atoms with Crippen LogP contribution < -0.4 is 10.5 Å². The molecule has 8 heteroatoms. The molecule has 114 valence electrons. The Morgan fingerprint density at radius 1 is 1.45 bits per heavy atom. The first-order valence-corrected chi connectivity index (χ1v) is 8.04. The van der Waals surface area contributed by atoms with Gasteiger partial charge in [0.1, 0.15) is 10.7 Å². The Morgan fingerprint density at radius 2 is 2.10 bits per heavy atom. The van der Waals surface area contributed by atoms with Gasteiger partial charge in [0.15, 0.2) is 0 Å². The van der Waals surface area contributed by atoms with Gasteiger partial charge in [0, 0.05) is 30.2 Å². The van der Waals surface area contributed by atoms with Crippen LogP contribution in [0.15, 0.2) is 17.0 Å². The van der Waals surface area contributed by atoms with E-state index >= 15 is 0 Å². The Labute approximate surface area is 124 Å². The van der Waals surface area contributed by atoms with Gasteiger partial charge in [0.2, 0.25) is 10.0 Å². The molecule has 0 bridgehead atoms. The number of nitrogens with two attached hydrogens (primary N) is 1. The zero-order valence-corrected chi connectivity index (χ0v) is 13.1. The molecule has 0 atom stereocenters. The number of nitrogens with one attached hydrogen (secondary N) is 1. The summed E-state index contributed by atoms with van der Waals surface area (Å²) < 4.78 is 40.5. The molecule has 0 fully saturated rings. The number of likely N-dealkylation sites (N-methyl/N-ethyl adjacent to an activating group) is 1. The summed E-state index contributed by atoms with van der Waals surface area (Å²) in [5, 5.41) is 0.137. The van der Waals surface area contributed by atoms with Crippen molar-refractivity contribution in [1.29, 1.82) is 0 Å². The first kappa shape index (κ1) is 17.3. The summed E-state index contributed by atoms with van der Waals surface area (Å²) in [4.78, 5) is 1.46. The Balaban J connectivity index is 2.95. The van der Waals surface area contributed by atoms with E-state index in [-0.39, 0.29) is 23.7 Å². The summed E-state index contributed by atoms with van der Waals surface area (Å²) in [5.41, 5.74) is 5.44. The second kappa shape index (κ2) is 7.33. The molecule has 5 nitrogen and oxygen atoms in total. The average molecular weight is 324 g/mol. The lowest BCUT2D eigenvalue weighted by atomic mass is 10.2. The molecule has 0 aliphatic rings. The van der Waals surface area contributed by atoms with Gasteiger partial charge in [-0.1, -0.05) is 18.5 Å². The molecule has 0 aliphatic carbocycles. The summed E-state index contributed by atoms with van der Waals surface area (Å²) in [5.74, 6) is -0.853. The minimum atomic E-state index is -3.94. The van der Waals surface area contributed by atoms with Gasteiger partial charge in [-0.2, -0.15) is 0 Å². The van der Waals surface area contributed by atoms with E-state index in [0.717, 1.165) is 12.6 Å². The van der Waals surface area contributed by atoms with Crippen LogP contribution in [0.1, 0.15) is 12.5 Å². The summed E-state index contributed by atoms with van der Waals surface area (Å²) >= 11 is 5.79. The highest BCUT2D eigenvalue weighted by Gasteiger charge is 2.21. The lowest BCUT2D eigenvalue weighted by molar-refractivity contribution is 0.357. The molecule has 0 heterocycles. The van der Waals surface area contributed by atoms with Crippen LogP contribution in [-0.2, 0) is 16.6 Å². The van der Waals surface area contributed by atoms with E-state index < -0.39 is 20.7 Å². The minimum absolute atomic E-state index is 0.0727. The molecule has 0 aromatic heterocycles. The summed E-state index contributed by atoms with van der Waals surface area (Å²) in [6, 6.07) is 2.41. The van der Waals surface area contributed by atoms with Gasteiger partial charge in [-0.25, -0.2) is 17.5 Å². The van der Waals surface area contributed by atoms with Gasteiger partial charge in [-0.15, -0.1) is 0 Å². The Morgan fingerprint density at radius 3 is 2.65 bits per heavy atom. The Kier molecular flexibility index (Phi) is 6.35. The van der Waals surface area contributed by atoms with E-state index in [0.29, 0.717) is 6.54 Å². The molecule has 0 radical (unpaired) electrons. The van der Waals surface area contributed by atoms with Gasteiger partial charge < -0.3 is 10.6 Å². The van der Waals surface area contributed by atoms with E-state index in [2.05, 4.69) is 4.72 Å². The number of hydrogen-bond acceptors (Lipinski definition) is 4. The third-order valence-corrected chi connectivity index (χ3v) is 4.59. The first-order chi connectivity index (χ1) is 9.31. The van der Waals surface area contributed by atoms with Crippen LogP contribution in [0.4, 0.5) is 4.39 Å². The van der Waals surface area contributed by atoms with Crippen LogP contribution in [0.2, 0.25) is 5.02 Å². The average Bonchev–Trinajstić information content (AvgIpc) is 2.40. The number of halogens is 2. The molecule has 0 aliphatic heterocycles. The summed E-state index contributed by atoms with van der Waals surface area (Å²) in [6.07, 6.45) is 0. The highest BCUT2D eigenvalue weighted by Crippen LogP contribution is 2.23. The lowest BCUT2D eigenvalue weighted by Gasteiger charge is -2.15. The minimum Gasteiger partial charge on any atom is -0.326 e. The number of rotatable bonds is 7. The van der Waals surface area contributed by atoms with Crippen LogP contribution in [0.25, 0.3) is 0 Å². The summed E-state index contributed by atoms with van der Waals surface area (Å²) in [6.45, 7) is 3.36. The smallest absolute Gasteiger partial charge is 0.243 e. The molecule has 0 saturated carbocycles. The zero-order valence-electron chi connectivity index (χ0n) is 11.5. The molecule has 0 amide bonds. The molecular weight excluding hydrogens is 305 g/mol. The van der Waals surface area contributed by atoms with Crippen LogP contribution in [0.5, 0.6) is 0 Å². The number of sulfonamides is 1. The summed E-state index contributed by atoms with van der Waals surface area (Å²) in [7, 11) is -2.08. The van der Waals surface area contributed by atoms with E-state index in [1.165, 1.54) is 6.07 Å². The Hall–Kier alpha value is -0.730. The van der Waals surface area contributed by atoms with Crippen LogP contribution in [0.3, 0.4) is 0 Å². The van der Waals surface area contributed by atoms with E-state index in [1.54, 1.807) is 0 Å². The molecule has 3 N–H and O–H groups in total. The van der Waals surface area contributed by atoms with Crippen molar-refractivity contribution in [2.75, 3.05) is 26.7 Å². The van der Waals surface area contributed by atoms with E-state index in [9.17, 15) is 12.8 Å². The fourth-order valence-corrected chi connectivity index (χ4v) is 3.04. The number of benzene rings is 1. The number of hydrogen-bond donors (Lipinski definition) is 2. The second-order valence-corrected chi connectivity index (χ2v) is 6.55. The molecule has 1 aromatic rings. The highest BCUT2D eigenvalue weighted by atomic mass is 35.5. The van der Waals surface area contributed by atoms with E-state index in [1.807, 2.05) is 18.9 Å². The third kappa shape index (κ3) is 4.39. The lowest BCUT2D eigenvalue weighted by Crippen LogP contribution is -2.33. The highest BCUT2D eigenvalue weighted by molar-refractivity contribution is 7.89. The largest absolute Gasteiger partial charge is 0.326 e. The van der Waals surface area contributed by atoms with Gasteiger partial charge in [-0.3, -0.25) is 0 Å². The van der Waals surface area contributed by atoms with Crippen LogP contribution >= 0.6 is 11.6 Å². The van der Waals surface area contributed by atoms with Crippen LogP contribution in [-0.4, -0.2) is 40.0 Å². The fourth-order valence-electron chi connectivity index (χ4n) is 1.57. The molecule has 1 rings (SSSR count). The van der Waals surface area contributed by atoms with Gasteiger partial charge in [0.05, 0.1) is 0 Å². The predicted octanol–water partition coefficient (Wildman–Crippen LogP) is 1.17. The maximum atomic E-state index is 14.0. The molecule has 1 aromatic carbocycles. The van der Waals surface area contributed by atoms with Crippen molar-refractivity contribution in [2.45, 2.75) is 18.4 Å². The van der Waals surface area contributed by atoms with Crippen molar-refractivity contribution in [2.24, 2.45) is 5.73 Å². The molecular formula is C12H19ClFN3O2S. The Bertz CT molecular complexity index is 566.